The molecule has 5 rings (SSSR count). The van der Waals surface area contributed by atoms with E-state index in [9.17, 15) is 18.0 Å². The summed E-state index contributed by atoms with van der Waals surface area (Å²) in [6, 6.07) is 10.7. The van der Waals surface area contributed by atoms with Crippen molar-refractivity contribution >= 4 is 27.5 Å². The average Bonchev–Trinajstić information content (AvgIpc) is 3.50. The van der Waals surface area contributed by atoms with Crippen LogP contribution in [-0.4, -0.2) is 76.1 Å². The van der Waals surface area contributed by atoms with E-state index in [1.165, 1.54) is 13.0 Å². The molecule has 2 aromatic carbocycles. The van der Waals surface area contributed by atoms with E-state index in [4.69, 9.17) is 9.47 Å². The van der Waals surface area contributed by atoms with Gasteiger partial charge in [0.15, 0.2) is 11.5 Å². The van der Waals surface area contributed by atoms with Crippen molar-refractivity contribution in [3.63, 3.8) is 0 Å². The third-order valence-electron chi connectivity index (χ3n) is 6.84. The zero-order valence-corrected chi connectivity index (χ0v) is 21.1. The number of carbonyl (C=O) groups is 2. The fourth-order valence-corrected chi connectivity index (χ4v) is 5.94. The number of fused-ring (bicyclic) bond motifs is 2. The van der Waals surface area contributed by atoms with Crippen LogP contribution in [0.5, 0.6) is 11.5 Å². The Morgan fingerprint density at radius 2 is 1.75 bits per heavy atom. The summed E-state index contributed by atoms with van der Waals surface area (Å²) in [6.45, 7) is 5.82. The first-order chi connectivity index (χ1) is 17.3. The predicted molar refractivity (Wildman–Crippen MR) is 132 cm³/mol. The molecule has 2 aromatic rings. The maximum absolute atomic E-state index is 12.8. The molecule has 11 heteroatoms. The number of ether oxygens (including phenoxy) is 2. The monoisotopic (exact) mass is 514 g/mol. The van der Waals surface area contributed by atoms with E-state index >= 15 is 0 Å². The number of piperazine rings is 1. The topological polar surface area (TPSA) is 108 Å². The molecule has 0 spiro atoms. The van der Waals surface area contributed by atoms with E-state index in [2.05, 4.69) is 9.62 Å². The number of amides is 2. The minimum Gasteiger partial charge on any atom is -0.454 e. The third-order valence-corrected chi connectivity index (χ3v) is 8.29. The highest BCUT2D eigenvalue weighted by molar-refractivity contribution is 7.89. The molecule has 36 heavy (non-hydrogen) atoms. The maximum atomic E-state index is 12.8. The number of anilines is 1. The Hall–Kier alpha value is -3.15. The summed E-state index contributed by atoms with van der Waals surface area (Å²) in [5, 5.41) is 0. The summed E-state index contributed by atoms with van der Waals surface area (Å²) in [5.74, 6) is 1.41. The Labute approximate surface area is 210 Å². The summed E-state index contributed by atoms with van der Waals surface area (Å²) in [7, 11) is -3.75. The van der Waals surface area contributed by atoms with Gasteiger partial charge >= 0.3 is 0 Å². The molecule has 2 amide bonds. The van der Waals surface area contributed by atoms with Crippen LogP contribution in [-0.2, 0) is 32.6 Å². The molecule has 3 aliphatic heterocycles. The molecule has 3 aliphatic rings. The number of sulfonamides is 1. The van der Waals surface area contributed by atoms with E-state index in [1.54, 1.807) is 21.9 Å². The largest absolute Gasteiger partial charge is 0.454 e. The molecular formula is C25H30N4O6S. The fourth-order valence-electron chi connectivity index (χ4n) is 4.86. The van der Waals surface area contributed by atoms with Crippen molar-refractivity contribution in [2.45, 2.75) is 31.2 Å². The summed E-state index contributed by atoms with van der Waals surface area (Å²) < 4.78 is 38.8. The van der Waals surface area contributed by atoms with Crippen molar-refractivity contribution in [1.82, 2.24) is 14.5 Å². The van der Waals surface area contributed by atoms with E-state index < -0.39 is 10.0 Å². The second-order valence-electron chi connectivity index (χ2n) is 9.20. The molecule has 0 saturated carbocycles. The van der Waals surface area contributed by atoms with Gasteiger partial charge in [-0.05, 0) is 47.9 Å². The van der Waals surface area contributed by atoms with Gasteiger partial charge in [0.25, 0.3) is 0 Å². The van der Waals surface area contributed by atoms with Crippen molar-refractivity contribution in [1.29, 1.82) is 0 Å². The highest BCUT2D eigenvalue weighted by Gasteiger charge is 2.26. The Balaban J connectivity index is 1.08. The number of carbonyl (C=O) groups excluding carboxylic acids is 2. The second-order valence-corrected chi connectivity index (χ2v) is 11.0. The van der Waals surface area contributed by atoms with E-state index in [1.807, 2.05) is 18.2 Å². The molecule has 0 unspecified atom stereocenters. The maximum Gasteiger partial charge on any atom is 0.240 e. The molecule has 0 atom stereocenters. The van der Waals surface area contributed by atoms with Crippen LogP contribution in [0.4, 0.5) is 5.69 Å². The van der Waals surface area contributed by atoms with Gasteiger partial charge in [-0.15, -0.1) is 0 Å². The number of rotatable bonds is 7. The molecule has 1 N–H and O–H groups in total. The molecule has 0 radical (unpaired) electrons. The first kappa shape index (κ1) is 24.5. The van der Waals surface area contributed by atoms with Gasteiger partial charge in [0.05, 0.1) is 4.90 Å². The van der Waals surface area contributed by atoms with Gasteiger partial charge in [0.2, 0.25) is 28.6 Å². The van der Waals surface area contributed by atoms with Crippen molar-refractivity contribution in [3.8, 4) is 11.5 Å². The first-order valence-corrected chi connectivity index (χ1v) is 13.6. The van der Waals surface area contributed by atoms with Crippen molar-refractivity contribution < 1.29 is 27.5 Å². The minimum absolute atomic E-state index is 0.0369. The minimum atomic E-state index is -3.75. The van der Waals surface area contributed by atoms with Crippen LogP contribution >= 0.6 is 0 Å². The molecule has 0 bridgehead atoms. The van der Waals surface area contributed by atoms with Gasteiger partial charge in [0.1, 0.15) is 0 Å². The summed E-state index contributed by atoms with van der Waals surface area (Å²) in [4.78, 5) is 30.2. The van der Waals surface area contributed by atoms with Gasteiger partial charge in [-0.25, -0.2) is 13.1 Å². The molecule has 192 valence electrons. The lowest BCUT2D eigenvalue weighted by molar-refractivity contribution is -0.132. The second kappa shape index (κ2) is 10.1. The number of nitrogens with one attached hydrogen (secondary N) is 1. The fraction of sp³-hybridized carbons (Fsp3) is 0.440. The number of nitrogens with zero attached hydrogens (tertiary/aromatic N) is 3. The lowest BCUT2D eigenvalue weighted by Crippen LogP contribution is -2.48. The van der Waals surface area contributed by atoms with Crippen molar-refractivity contribution in [3.05, 3.63) is 47.5 Å². The predicted octanol–water partition coefficient (Wildman–Crippen LogP) is 1.34. The van der Waals surface area contributed by atoms with E-state index in [0.717, 1.165) is 47.9 Å². The number of benzene rings is 2. The summed E-state index contributed by atoms with van der Waals surface area (Å²) in [5.41, 5.74) is 2.73. The molecule has 0 aliphatic carbocycles. The lowest BCUT2D eigenvalue weighted by atomic mass is 10.1. The molecular weight excluding hydrogens is 484 g/mol. The van der Waals surface area contributed by atoms with Gasteiger partial charge in [0, 0.05) is 64.8 Å². The SMILES string of the molecule is CC(=O)N1CCc2cc(S(=O)(=O)NCCC(=O)N3CCN(Cc4ccc5c(c4)OCO5)CC3)ccc21. The van der Waals surface area contributed by atoms with Crippen LogP contribution in [0.25, 0.3) is 0 Å². The Kier molecular flexibility index (Phi) is 6.87. The summed E-state index contributed by atoms with van der Waals surface area (Å²) in [6.07, 6.45) is 0.724. The highest BCUT2D eigenvalue weighted by atomic mass is 32.2. The van der Waals surface area contributed by atoms with E-state index in [0.29, 0.717) is 26.1 Å². The Morgan fingerprint density at radius 3 is 2.53 bits per heavy atom. The van der Waals surface area contributed by atoms with Gasteiger partial charge in [-0.3, -0.25) is 14.5 Å². The molecule has 1 saturated heterocycles. The quantitative estimate of drug-likeness (QED) is 0.594. The normalized spacial score (nSPS) is 17.4. The third kappa shape index (κ3) is 5.18. The zero-order chi connectivity index (χ0) is 25.3. The van der Waals surface area contributed by atoms with Gasteiger partial charge in [-0.1, -0.05) is 6.07 Å². The highest BCUT2D eigenvalue weighted by Crippen LogP contribution is 2.33. The van der Waals surface area contributed by atoms with Crippen molar-refractivity contribution in [2.24, 2.45) is 0 Å². The average molecular weight is 515 g/mol. The molecule has 0 aromatic heterocycles. The first-order valence-electron chi connectivity index (χ1n) is 12.1. The van der Waals surface area contributed by atoms with Crippen LogP contribution < -0.4 is 19.1 Å². The van der Waals surface area contributed by atoms with Gasteiger partial charge < -0.3 is 19.3 Å². The van der Waals surface area contributed by atoms with Crippen molar-refractivity contribution in [2.75, 3.05) is 51.0 Å². The van der Waals surface area contributed by atoms with Crippen LogP contribution in [0, 0.1) is 0 Å². The Morgan fingerprint density at radius 1 is 0.972 bits per heavy atom. The summed E-state index contributed by atoms with van der Waals surface area (Å²) >= 11 is 0. The van der Waals surface area contributed by atoms with Crippen LogP contribution in [0.3, 0.4) is 0 Å². The lowest BCUT2D eigenvalue weighted by Gasteiger charge is -2.34. The number of hydrogen-bond donors (Lipinski definition) is 1. The Bertz CT molecular complexity index is 1270. The van der Waals surface area contributed by atoms with Crippen LogP contribution in [0.1, 0.15) is 24.5 Å². The zero-order valence-electron chi connectivity index (χ0n) is 20.2. The number of hydrogen-bond acceptors (Lipinski definition) is 7. The smallest absolute Gasteiger partial charge is 0.240 e. The molecule has 10 nitrogen and oxygen atoms in total. The van der Waals surface area contributed by atoms with E-state index in [-0.39, 0.29) is 36.5 Å². The van der Waals surface area contributed by atoms with Gasteiger partial charge in [-0.2, -0.15) is 0 Å². The molecule has 3 heterocycles. The van der Waals surface area contributed by atoms with Crippen LogP contribution in [0.2, 0.25) is 0 Å². The standard InChI is InChI=1S/C25H30N4O6S/c1-18(30)29-9-7-20-15-21(3-4-22(20)29)36(32,33)26-8-6-25(31)28-12-10-27(11-13-28)16-19-2-5-23-24(14-19)35-17-34-23/h2-5,14-15,26H,6-13,16-17H2,1H3. The molecule has 1 fully saturated rings. The van der Waals surface area contributed by atoms with Crippen LogP contribution in [0.15, 0.2) is 41.3 Å².